The molecule has 0 aliphatic heterocycles. The van der Waals surface area contributed by atoms with E-state index in [0.717, 1.165) is 48.3 Å². The lowest BCUT2D eigenvalue weighted by Gasteiger charge is -2.12. The topological polar surface area (TPSA) is 80.9 Å². The highest BCUT2D eigenvalue weighted by molar-refractivity contribution is 14.0. The summed E-state index contributed by atoms with van der Waals surface area (Å²) in [5.74, 6) is 3.46. The van der Waals surface area contributed by atoms with Gasteiger partial charge in [0, 0.05) is 19.7 Å². The minimum Gasteiger partial charge on any atom is -0.493 e. The molecule has 0 radical (unpaired) electrons. The summed E-state index contributed by atoms with van der Waals surface area (Å²) in [4.78, 5) is 4.25. The molecule has 0 bridgehead atoms. The normalized spacial score (nSPS) is 11.2. The highest BCUT2D eigenvalue weighted by Crippen LogP contribution is 2.28. The van der Waals surface area contributed by atoms with Crippen LogP contribution in [0.3, 0.4) is 0 Å². The summed E-state index contributed by atoms with van der Waals surface area (Å²) < 4.78 is 16.3. The van der Waals surface area contributed by atoms with E-state index in [2.05, 4.69) is 40.7 Å². The predicted molar refractivity (Wildman–Crippen MR) is 127 cm³/mol. The van der Waals surface area contributed by atoms with E-state index in [9.17, 15) is 0 Å². The molecule has 0 aliphatic rings. The van der Waals surface area contributed by atoms with Crippen molar-refractivity contribution in [2.75, 3.05) is 27.3 Å². The van der Waals surface area contributed by atoms with Gasteiger partial charge in [-0.1, -0.05) is 25.1 Å². The molecule has 162 valence electrons. The zero-order chi connectivity index (χ0) is 20.4. The minimum atomic E-state index is 0. The van der Waals surface area contributed by atoms with E-state index in [4.69, 9.17) is 14.0 Å². The number of halogens is 1. The van der Waals surface area contributed by atoms with Crippen LogP contribution in [-0.2, 0) is 13.0 Å². The molecule has 0 fully saturated rings. The van der Waals surface area contributed by atoms with Crippen LogP contribution < -0.4 is 20.1 Å². The fourth-order valence-electron chi connectivity index (χ4n) is 2.72. The molecular formula is C21H33IN4O3. The molecule has 0 saturated carbocycles. The van der Waals surface area contributed by atoms with Gasteiger partial charge in [0.2, 0.25) is 0 Å². The monoisotopic (exact) mass is 516 g/mol. The summed E-state index contributed by atoms with van der Waals surface area (Å²) in [5, 5.41) is 10.6. The average molecular weight is 516 g/mol. The Labute approximate surface area is 190 Å². The molecule has 0 unspecified atom stereocenters. The summed E-state index contributed by atoms with van der Waals surface area (Å²) >= 11 is 0. The van der Waals surface area contributed by atoms with Crippen molar-refractivity contribution >= 4 is 29.9 Å². The number of methoxy groups -OCH3 is 1. The van der Waals surface area contributed by atoms with Crippen molar-refractivity contribution in [2.45, 2.75) is 46.1 Å². The van der Waals surface area contributed by atoms with Crippen LogP contribution in [0.5, 0.6) is 11.5 Å². The second-order valence-electron chi connectivity index (χ2n) is 6.75. The SMILES string of the molecule is CCOc1cc(CCCNC(=NC)NCc2cc(C(C)C)no2)ccc1OC.I. The molecule has 0 spiro atoms. The van der Waals surface area contributed by atoms with Gasteiger partial charge in [0.25, 0.3) is 0 Å². The number of hydrogen-bond acceptors (Lipinski definition) is 5. The number of guanidine groups is 1. The summed E-state index contributed by atoms with van der Waals surface area (Å²) in [7, 11) is 3.41. The van der Waals surface area contributed by atoms with Gasteiger partial charge in [0.05, 0.1) is 26.0 Å². The van der Waals surface area contributed by atoms with Crippen molar-refractivity contribution in [3.63, 3.8) is 0 Å². The van der Waals surface area contributed by atoms with Gasteiger partial charge in [-0.05, 0) is 43.4 Å². The predicted octanol–water partition coefficient (Wildman–Crippen LogP) is 4.12. The van der Waals surface area contributed by atoms with Crippen LogP contribution in [0, 0.1) is 0 Å². The van der Waals surface area contributed by atoms with Gasteiger partial charge in [-0.2, -0.15) is 0 Å². The van der Waals surface area contributed by atoms with Crippen molar-refractivity contribution in [1.82, 2.24) is 15.8 Å². The molecule has 1 aromatic heterocycles. The summed E-state index contributed by atoms with van der Waals surface area (Å²) in [5.41, 5.74) is 2.18. The van der Waals surface area contributed by atoms with Gasteiger partial charge in [-0.15, -0.1) is 24.0 Å². The van der Waals surface area contributed by atoms with E-state index in [1.165, 1.54) is 5.56 Å². The van der Waals surface area contributed by atoms with Gasteiger partial charge in [-0.25, -0.2) is 0 Å². The number of ether oxygens (including phenoxy) is 2. The second-order valence-corrected chi connectivity index (χ2v) is 6.75. The Kier molecular flexibility index (Phi) is 11.5. The van der Waals surface area contributed by atoms with Crippen molar-refractivity contribution in [2.24, 2.45) is 4.99 Å². The van der Waals surface area contributed by atoms with E-state index in [1.807, 2.05) is 25.1 Å². The lowest BCUT2D eigenvalue weighted by Crippen LogP contribution is -2.37. The number of aromatic nitrogens is 1. The molecule has 7 nitrogen and oxygen atoms in total. The van der Waals surface area contributed by atoms with Crippen LogP contribution in [0.1, 0.15) is 50.1 Å². The summed E-state index contributed by atoms with van der Waals surface area (Å²) in [6.45, 7) is 8.13. The molecule has 0 atom stereocenters. The number of nitrogens with one attached hydrogen (secondary N) is 2. The standard InChI is InChI=1S/C21H32N4O3.HI/c1-6-27-20-12-16(9-10-19(20)26-5)8-7-11-23-21(22-4)24-14-17-13-18(15(2)3)25-28-17;/h9-10,12-13,15H,6-8,11,14H2,1-5H3,(H2,22,23,24);1H. The Morgan fingerprint density at radius 3 is 2.62 bits per heavy atom. The summed E-state index contributed by atoms with van der Waals surface area (Å²) in [6.07, 6.45) is 1.91. The van der Waals surface area contributed by atoms with Crippen molar-refractivity contribution in [3.05, 3.63) is 41.3 Å². The maximum absolute atomic E-state index is 5.64. The molecule has 0 saturated heterocycles. The van der Waals surface area contributed by atoms with Crippen LogP contribution in [0.25, 0.3) is 0 Å². The van der Waals surface area contributed by atoms with Gasteiger partial charge < -0.3 is 24.6 Å². The molecule has 1 heterocycles. The molecule has 1 aromatic carbocycles. The fraction of sp³-hybridized carbons (Fsp3) is 0.524. The second kappa shape index (κ2) is 13.3. The first-order valence-electron chi connectivity index (χ1n) is 9.77. The third-order valence-corrected chi connectivity index (χ3v) is 4.28. The maximum atomic E-state index is 5.64. The van der Waals surface area contributed by atoms with Crippen molar-refractivity contribution in [1.29, 1.82) is 0 Å². The molecule has 0 aliphatic carbocycles. The van der Waals surface area contributed by atoms with Crippen LogP contribution in [-0.4, -0.2) is 38.4 Å². The number of aliphatic imine (C=N–C) groups is 1. The zero-order valence-corrected chi connectivity index (χ0v) is 20.3. The largest absolute Gasteiger partial charge is 0.493 e. The van der Waals surface area contributed by atoms with Crippen LogP contribution in [0.2, 0.25) is 0 Å². The van der Waals surface area contributed by atoms with E-state index in [1.54, 1.807) is 14.2 Å². The summed E-state index contributed by atoms with van der Waals surface area (Å²) in [6, 6.07) is 8.05. The lowest BCUT2D eigenvalue weighted by molar-refractivity contribution is 0.310. The highest BCUT2D eigenvalue weighted by Gasteiger charge is 2.08. The van der Waals surface area contributed by atoms with Gasteiger partial charge in [0.1, 0.15) is 0 Å². The highest BCUT2D eigenvalue weighted by atomic mass is 127. The Morgan fingerprint density at radius 2 is 2.00 bits per heavy atom. The minimum absolute atomic E-state index is 0. The molecule has 8 heteroatoms. The number of hydrogen-bond donors (Lipinski definition) is 2. The molecular weight excluding hydrogens is 483 g/mol. The molecule has 29 heavy (non-hydrogen) atoms. The number of aryl methyl sites for hydroxylation is 1. The van der Waals surface area contributed by atoms with Gasteiger partial charge in [-0.3, -0.25) is 4.99 Å². The number of rotatable bonds is 10. The number of benzene rings is 1. The van der Waals surface area contributed by atoms with Crippen LogP contribution in [0.4, 0.5) is 0 Å². The smallest absolute Gasteiger partial charge is 0.191 e. The van der Waals surface area contributed by atoms with Crippen molar-refractivity contribution < 1.29 is 14.0 Å². The van der Waals surface area contributed by atoms with E-state index in [0.29, 0.717) is 19.1 Å². The third-order valence-electron chi connectivity index (χ3n) is 4.28. The van der Waals surface area contributed by atoms with Crippen LogP contribution >= 0.6 is 24.0 Å². The fourth-order valence-corrected chi connectivity index (χ4v) is 2.72. The maximum Gasteiger partial charge on any atom is 0.191 e. The Hall–Kier alpha value is -1.97. The van der Waals surface area contributed by atoms with E-state index in [-0.39, 0.29) is 24.0 Å². The first-order valence-corrected chi connectivity index (χ1v) is 9.77. The lowest BCUT2D eigenvalue weighted by atomic mass is 10.1. The third kappa shape index (κ3) is 8.12. The number of nitrogens with zero attached hydrogens (tertiary/aromatic N) is 2. The average Bonchev–Trinajstić information content (AvgIpc) is 3.17. The Balaban J connectivity index is 0.00000420. The first kappa shape index (κ1) is 25.1. The first-order chi connectivity index (χ1) is 13.6. The molecule has 0 amide bonds. The zero-order valence-electron chi connectivity index (χ0n) is 17.9. The van der Waals surface area contributed by atoms with Gasteiger partial charge >= 0.3 is 0 Å². The van der Waals surface area contributed by atoms with Crippen LogP contribution in [0.15, 0.2) is 33.8 Å². The van der Waals surface area contributed by atoms with E-state index < -0.39 is 0 Å². The Morgan fingerprint density at radius 1 is 1.21 bits per heavy atom. The van der Waals surface area contributed by atoms with Gasteiger partial charge in [0.15, 0.2) is 23.2 Å². The molecule has 2 N–H and O–H groups in total. The molecule has 2 rings (SSSR count). The quantitative estimate of drug-likeness (QED) is 0.214. The van der Waals surface area contributed by atoms with Crippen molar-refractivity contribution in [3.8, 4) is 11.5 Å². The van der Waals surface area contributed by atoms with E-state index >= 15 is 0 Å². The molecule has 2 aromatic rings. The Bertz CT molecular complexity index is 762.